The van der Waals surface area contributed by atoms with Crippen molar-refractivity contribution in [2.24, 2.45) is 0 Å². The summed E-state index contributed by atoms with van der Waals surface area (Å²) in [5, 5.41) is 13.5. The number of ether oxygens (including phenoxy) is 1. The molecule has 7 heteroatoms. The Morgan fingerprint density at radius 2 is 1.90 bits per heavy atom. The van der Waals surface area contributed by atoms with Crippen molar-refractivity contribution in [2.45, 2.75) is 58.6 Å². The van der Waals surface area contributed by atoms with Gasteiger partial charge in [-0.1, -0.05) is 26.0 Å². The number of aromatic carboxylic acids is 1. The first-order valence-corrected chi connectivity index (χ1v) is 10.1. The van der Waals surface area contributed by atoms with Crippen molar-refractivity contribution < 1.29 is 19.4 Å². The monoisotopic (exact) mass is 399 g/mol. The summed E-state index contributed by atoms with van der Waals surface area (Å²) in [4.78, 5) is 25.9. The molecule has 1 N–H and O–H groups in total. The van der Waals surface area contributed by atoms with Crippen molar-refractivity contribution in [2.75, 3.05) is 13.1 Å². The molecule has 29 heavy (non-hydrogen) atoms. The van der Waals surface area contributed by atoms with Gasteiger partial charge in [0.2, 0.25) is 0 Å². The van der Waals surface area contributed by atoms with Crippen LogP contribution in [-0.2, 0) is 4.79 Å². The van der Waals surface area contributed by atoms with Gasteiger partial charge in [0.1, 0.15) is 11.3 Å². The number of hydrogen-bond donors (Lipinski definition) is 1. The Bertz CT molecular complexity index is 882. The third-order valence-electron chi connectivity index (χ3n) is 5.58. The number of benzene rings is 1. The van der Waals surface area contributed by atoms with Crippen LogP contribution in [0.3, 0.4) is 0 Å². The van der Waals surface area contributed by atoms with Crippen LogP contribution in [0.2, 0.25) is 0 Å². The van der Waals surface area contributed by atoms with Crippen LogP contribution in [0.25, 0.3) is 0 Å². The molecule has 1 unspecified atom stereocenters. The first kappa shape index (κ1) is 20.9. The largest absolute Gasteiger partial charge is 0.481 e. The number of rotatable bonds is 6. The van der Waals surface area contributed by atoms with E-state index in [2.05, 4.69) is 25.0 Å². The Kier molecular flexibility index (Phi) is 6.25. The standard InChI is InChI=1S/C22H29N3O4/c1-14(2)17-6-5-7-19(12-17)29-16(4)21(26)24-10-8-18(9-11-24)25-15(3)20(13-23-25)22(27)28/h5-7,12-14,16,18H,8-11H2,1-4H3,(H,27,28). The topological polar surface area (TPSA) is 84.7 Å². The maximum atomic E-state index is 12.8. The van der Waals surface area contributed by atoms with Crippen molar-refractivity contribution in [3.63, 3.8) is 0 Å². The molecule has 1 amide bonds. The van der Waals surface area contributed by atoms with Crippen LogP contribution in [0.15, 0.2) is 30.5 Å². The highest BCUT2D eigenvalue weighted by Gasteiger charge is 2.29. The number of amides is 1. The lowest BCUT2D eigenvalue weighted by Crippen LogP contribution is -2.45. The van der Waals surface area contributed by atoms with Crippen LogP contribution < -0.4 is 4.74 Å². The first-order chi connectivity index (χ1) is 13.8. The summed E-state index contributed by atoms with van der Waals surface area (Å²) >= 11 is 0. The zero-order valence-electron chi connectivity index (χ0n) is 17.5. The summed E-state index contributed by atoms with van der Waals surface area (Å²) in [6, 6.07) is 7.97. The normalized spacial score (nSPS) is 16.1. The lowest BCUT2D eigenvalue weighted by molar-refractivity contribution is -0.139. The second kappa shape index (κ2) is 8.68. The van der Waals surface area contributed by atoms with Gasteiger partial charge in [0.25, 0.3) is 5.91 Å². The summed E-state index contributed by atoms with van der Waals surface area (Å²) < 4.78 is 7.69. The van der Waals surface area contributed by atoms with E-state index in [1.165, 1.54) is 11.8 Å². The first-order valence-electron chi connectivity index (χ1n) is 10.1. The van der Waals surface area contributed by atoms with E-state index in [9.17, 15) is 14.7 Å². The van der Waals surface area contributed by atoms with E-state index in [-0.39, 0.29) is 17.5 Å². The molecule has 0 aliphatic carbocycles. The number of carbonyl (C=O) groups is 2. The van der Waals surface area contributed by atoms with Gasteiger partial charge < -0.3 is 14.7 Å². The maximum Gasteiger partial charge on any atom is 0.339 e. The molecule has 1 aromatic carbocycles. The quantitative estimate of drug-likeness (QED) is 0.802. The zero-order valence-corrected chi connectivity index (χ0v) is 17.5. The predicted molar refractivity (Wildman–Crippen MR) is 109 cm³/mol. The van der Waals surface area contributed by atoms with E-state index in [4.69, 9.17) is 4.74 Å². The molecule has 1 aliphatic heterocycles. The van der Waals surface area contributed by atoms with Gasteiger partial charge in [0.05, 0.1) is 17.9 Å². The van der Waals surface area contributed by atoms with E-state index < -0.39 is 12.1 Å². The van der Waals surface area contributed by atoms with Crippen molar-refractivity contribution >= 4 is 11.9 Å². The second-order valence-corrected chi connectivity index (χ2v) is 7.94. The third kappa shape index (κ3) is 4.60. The fourth-order valence-corrected chi connectivity index (χ4v) is 3.79. The van der Waals surface area contributed by atoms with Gasteiger partial charge in [-0.15, -0.1) is 0 Å². The van der Waals surface area contributed by atoms with Gasteiger partial charge in [-0.2, -0.15) is 5.10 Å². The summed E-state index contributed by atoms with van der Waals surface area (Å²) in [5.41, 5.74) is 2.07. The van der Waals surface area contributed by atoms with Gasteiger partial charge in [-0.05, 0) is 50.3 Å². The zero-order chi connectivity index (χ0) is 21.1. The number of hydrogen-bond acceptors (Lipinski definition) is 4. The molecule has 0 radical (unpaired) electrons. The fourth-order valence-electron chi connectivity index (χ4n) is 3.79. The van der Waals surface area contributed by atoms with Crippen LogP contribution in [-0.4, -0.2) is 50.9 Å². The minimum atomic E-state index is -0.964. The second-order valence-electron chi connectivity index (χ2n) is 7.94. The molecule has 1 aliphatic rings. The number of nitrogens with zero attached hydrogens (tertiary/aromatic N) is 3. The highest BCUT2D eigenvalue weighted by molar-refractivity contribution is 5.88. The van der Waals surface area contributed by atoms with Crippen LogP contribution in [0.4, 0.5) is 0 Å². The predicted octanol–water partition coefficient (Wildman–Crippen LogP) is 3.64. The van der Waals surface area contributed by atoms with Gasteiger partial charge >= 0.3 is 5.97 Å². The van der Waals surface area contributed by atoms with E-state index in [1.807, 2.05) is 23.1 Å². The smallest absolute Gasteiger partial charge is 0.339 e. The van der Waals surface area contributed by atoms with Crippen molar-refractivity contribution in [1.82, 2.24) is 14.7 Å². The minimum absolute atomic E-state index is 0.0261. The van der Waals surface area contributed by atoms with E-state index in [0.717, 1.165) is 12.8 Å². The minimum Gasteiger partial charge on any atom is -0.481 e. The maximum absolute atomic E-state index is 12.8. The Morgan fingerprint density at radius 3 is 2.48 bits per heavy atom. The van der Waals surface area contributed by atoms with Gasteiger partial charge in [-0.3, -0.25) is 9.48 Å². The average Bonchev–Trinajstić information content (AvgIpc) is 3.09. The molecule has 0 saturated carbocycles. The number of aromatic nitrogens is 2. The van der Waals surface area contributed by atoms with Crippen molar-refractivity contribution in [3.05, 3.63) is 47.3 Å². The lowest BCUT2D eigenvalue weighted by atomic mass is 10.0. The van der Waals surface area contributed by atoms with Crippen LogP contribution in [0.5, 0.6) is 5.75 Å². The molecule has 1 aromatic heterocycles. The molecule has 3 rings (SSSR count). The Balaban J connectivity index is 1.58. The Labute approximate surface area is 171 Å². The summed E-state index contributed by atoms with van der Waals surface area (Å²) in [6.07, 6.45) is 2.32. The van der Waals surface area contributed by atoms with Gasteiger partial charge in [0.15, 0.2) is 6.10 Å². The molecule has 7 nitrogen and oxygen atoms in total. The molecule has 2 heterocycles. The molecule has 1 saturated heterocycles. The van der Waals surface area contributed by atoms with E-state index >= 15 is 0 Å². The van der Waals surface area contributed by atoms with E-state index in [0.29, 0.717) is 30.5 Å². The molecular weight excluding hydrogens is 370 g/mol. The summed E-state index contributed by atoms with van der Waals surface area (Å²) in [5.74, 6) is 0.118. The SMILES string of the molecule is Cc1c(C(=O)O)cnn1C1CCN(C(=O)C(C)Oc2cccc(C(C)C)c2)CC1. The summed E-state index contributed by atoms with van der Waals surface area (Å²) in [7, 11) is 0. The highest BCUT2D eigenvalue weighted by Crippen LogP contribution is 2.26. The number of likely N-dealkylation sites (tertiary alicyclic amines) is 1. The van der Waals surface area contributed by atoms with Gasteiger partial charge in [0, 0.05) is 13.1 Å². The van der Waals surface area contributed by atoms with Crippen LogP contribution in [0.1, 0.15) is 67.2 Å². The van der Waals surface area contributed by atoms with Crippen LogP contribution in [0, 0.1) is 6.92 Å². The number of piperidine rings is 1. The molecule has 0 spiro atoms. The highest BCUT2D eigenvalue weighted by atomic mass is 16.5. The molecule has 1 fully saturated rings. The number of carbonyl (C=O) groups excluding carboxylic acids is 1. The van der Waals surface area contributed by atoms with Crippen molar-refractivity contribution in [1.29, 1.82) is 0 Å². The molecule has 1 atom stereocenters. The van der Waals surface area contributed by atoms with Gasteiger partial charge in [-0.25, -0.2) is 4.79 Å². The molecule has 156 valence electrons. The number of carboxylic acids is 1. The lowest BCUT2D eigenvalue weighted by Gasteiger charge is -2.34. The van der Waals surface area contributed by atoms with E-state index in [1.54, 1.807) is 18.5 Å². The Morgan fingerprint density at radius 1 is 1.21 bits per heavy atom. The molecular formula is C22H29N3O4. The average molecular weight is 399 g/mol. The summed E-state index contributed by atoms with van der Waals surface area (Å²) in [6.45, 7) is 9.01. The molecule has 0 bridgehead atoms. The fraction of sp³-hybridized carbons (Fsp3) is 0.500. The molecule has 2 aromatic rings. The third-order valence-corrected chi connectivity index (χ3v) is 5.58. The number of carboxylic acid groups (broad SMARTS) is 1. The Hall–Kier alpha value is -2.83. The van der Waals surface area contributed by atoms with Crippen molar-refractivity contribution in [3.8, 4) is 5.75 Å². The van der Waals surface area contributed by atoms with Crippen LogP contribution >= 0.6 is 0 Å².